The number of nitrogens with zero attached hydrogens (tertiary/aromatic N) is 2. The standard InChI is InChI=1S/C18H15BrClN3O2S/c1-21-18(24)25-11-13-10-17(26-14-6-4-5-12(19)9-14)23(22-13)16-8-3-2-7-15(16)20/h2-10H,11H2,1H3,(H,21,24). The van der Waals surface area contributed by atoms with Crippen molar-refractivity contribution in [2.24, 2.45) is 0 Å². The Hall–Kier alpha value is -1.96. The molecule has 134 valence electrons. The summed E-state index contributed by atoms with van der Waals surface area (Å²) in [6.07, 6.45) is -0.501. The van der Waals surface area contributed by atoms with Crippen LogP contribution in [0, 0.1) is 0 Å². The molecule has 0 aliphatic heterocycles. The van der Waals surface area contributed by atoms with E-state index in [0.717, 1.165) is 20.1 Å². The normalized spacial score (nSPS) is 10.6. The number of aromatic nitrogens is 2. The van der Waals surface area contributed by atoms with E-state index in [1.54, 1.807) is 16.4 Å². The molecule has 8 heteroatoms. The maximum Gasteiger partial charge on any atom is 0.407 e. The van der Waals surface area contributed by atoms with Crippen LogP contribution in [0.1, 0.15) is 5.69 Å². The maximum absolute atomic E-state index is 11.3. The predicted molar refractivity (Wildman–Crippen MR) is 106 cm³/mol. The number of carbonyl (C=O) groups excluding carboxylic acids is 1. The smallest absolute Gasteiger partial charge is 0.407 e. The van der Waals surface area contributed by atoms with Gasteiger partial charge < -0.3 is 10.1 Å². The number of alkyl carbamates (subject to hydrolysis) is 1. The van der Waals surface area contributed by atoms with Crippen LogP contribution < -0.4 is 5.32 Å². The number of hydrogen-bond acceptors (Lipinski definition) is 4. The average molecular weight is 453 g/mol. The van der Waals surface area contributed by atoms with Crippen molar-refractivity contribution in [1.82, 2.24) is 15.1 Å². The summed E-state index contributed by atoms with van der Waals surface area (Å²) in [7, 11) is 1.51. The van der Waals surface area contributed by atoms with E-state index in [0.29, 0.717) is 10.7 Å². The number of para-hydroxylation sites is 1. The number of hydrogen-bond donors (Lipinski definition) is 1. The molecule has 0 spiro atoms. The van der Waals surface area contributed by atoms with Crippen molar-refractivity contribution in [3.8, 4) is 5.69 Å². The van der Waals surface area contributed by atoms with Gasteiger partial charge in [-0.3, -0.25) is 0 Å². The van der Waals surface area contributed by atoms with Crippen LogP contribution in [0.4, 0.5) is 4.79 Å². The summed E-state index contributed by atoms with van der Waals surface area (Å²) in [6.45, 7) is 0.0726. The van der Waals surface area contributed by atoms with Gasteiger partial charge in [-0.05, 0) is 36.4 Å². The fourth-order valence-corrected chi connectivity index (χ4v) is 3.97. The molecule has 0 radical (unpaired) electrons. The molecule has 0 bridgehead atoms. The molecule has 1 heterocycles. The van der Waals surface area contributed by atoms with Gasteiger partial charge in [-0.25, -0.2) is 9.48 Å². The van der Waals surface area contributed by atoms with Gasteiger partial charge in [-0.2, -0.15) is 5.10 Å². The Bertz CT molecular complexity index is 932. The van der Waals surface area contributed by atoms with Crippen molar-refractivity contribution < 1.29 is 9.53 Å². The van der Waals surface area contributed by atoms with Gasteiger partial charge in [0, 0.05) is 16.4 Å². The first-order chi connectivity index (χ1) is 12.6. The summed E-state index contributed by atoms with van der Waals surface area (Å²) in [5.41, 5.74) is 1.39. The minimum atomic E-state index is -0.501. The third-order valence-corrected chi connectivity index (χ3v) is 5.18. The summed E-state index contributed by atoms with van der Waals surface area (Å²) in [4.78, 5) is 12.4. The Kier molecular flexibility index (Phi) is 6.24. The van der Waals surface area contributed by atoms with E-state index in [1.165, 1.54) is 7.05 Å². The number of carbonyl (C=O) groups is 1. The minimum Gasteiger partial charge on any atom is -0.443 e. The van der Waals surface area contributed by atoms with Crippen LogP contribution in [-0.2, 0) is 11.3 Å². The molecule has 3 rings (SSSR count). The van der Waals surface area contributed by atoms with Gasteiger partial charge in [-0.15, -0.1) is 0 Å². The molecule has 0 aliphatic rings. The molecule has 26 heavy (non-hydrogen) atoms. The highest BCUT2D eigenvalue weighted by atomic mass is 79.9. The number of amides is 1. The van der Waals surface area contributed by atoms with Crippen LogP contribution in [0.3, 0.4) is 0 Å². The molecule has 0 atom stereocenters. The van der Waals surface area contributed by atoms with Gasteiger partial charge in [0.2, 0.25) is 0 Å². The molecular formula is C18H15BrClN3O2S. The highest BCUT2D eigenvalue weighted by molar-refractivity contribution is 9.10. The van der Waals surface area contributed by atoms with Crippen LogP contribution in [0.25, 0.3) is 5.69 Å². The Morgan fingerprint density at radius 2 is 2.08 bits per heavy atom. The molecule has 2 aromatic carbocycles. The van der Waals surface area contributed by atoms with Crippen molar-refractivity contribution in [3.05, 3.63) is 69.8 Å². The zero-order chi connectivity index (χ0) is 18.5. The summed E-state index contributed by atoms with van der Waals surface area (Å²) in [5, 5.41) is 8.43. The molecule has 0 aliphatic carbocycles. The van der Waals surface area contributed by atoms with E-state index >= 15 is 0 Å². The zero-order valence-corrected chi connectivity index (χ0v) is 16.9. The van der Waals surface area contributed by atoms with E-state index in [2.05, 4.69) is 26.3 Å². The summed E-state index contributed by atoms with van der Waals surface area (Å²) in [6, 6.07) is 17.3. The van der Waals surface area contributed by atoms with Crippen LogP contribution in [-0.4, -0.2) is 22.9 Å². The SMILES string of the molecule is CNC(=O)OCc1cc(Sc2cccc(Br)c2)n(-c2ccccc2Cl)n1. The first-order valence-corrected chi connectivity index (χ1v) is 9.67. The van der Waals surface area contributed by atoms with Gasteiger partial charge in [0.1, 0.15) is 17.3 Å². The quantitative estimate of drug-likeness (QED) is 0.571. The lowest BCUT2D eigenvalue weighted by atomic mass is 10.3. The number of rotatable bonds is 5. The summed E-state index contributed by atoms with van der Waals surface area (Å²) in [5.74, 6) is 0. The molecule has 3 aromatic rings. The molecule has 0 fully saturated rings. The topological polar surface area (TPSA) is 56.1 Å². The van der Waals surface area contributed by atoms with Gasteiger partial charge in [-0.1, -0.05) is 57.5 Å². The number of halogens is 2. The second kappa shape index (κ2) is 8.62. The van der Waals surface area contributed by atoms with Crippen molar-refractivity contribution in [2.45, 2.75) is 16.5 Å². The minimum absolute atomic E-state index is 0.0726. The van der Waals surface area contributed by atoms with E-state index in [9.17, 15) is 4.79 Å². The third-order valence-electron chi connectivity index (χ3n) is 3.38. The summed E-state index contributed by atoms with van der Waals surface area (Å²) < 4.78 is 7.86. The van der Waals surface area contributed by atoms with Crippen molar-refractivity contribution in [2.75, 3.05) is 7.05 Å². The largest absolute Gasteiger partial charge is 0.443 e. The third kappa shape index (κ3) is 4.60. The fraction of sp³-hybridized carbons (Fsp3) is 0.111. The van der Waals surface area contributed by atoms with E-state index in [4.69, 9.17) is 16.3 Å². The lowest BCUT2D eigenvalue weighted by Gasteiger charge is -2.09. The second-order valence-electron chi connectivity index (χ2n) is 5.22. The Labute approximate surface area is 168 Å². The fourth-order valence-electron chi connectivity index (χ4n) is 2.21. The van der Waals surface area contributed by atoms with Crippen LogP contribution >= 0.6 is 39.3 Å². The summed E-state index contributed by atoms with van der Waals surface area (Å²) >= 11 is 11.4. The van der Waals surface area contributed by atoms with Crippen molar-refractivity contribution >= 4 is 45.4 Å². The van der Waals surface area contributed by atoms with Crippen LogP contribution in [0.2, 0.25) is 5.02 Å². The molecule has 0 saturated carbocycles. The molecule has 0 saturated heterocycles. The molecule has 1 aromatic heterocycles. The van der Waals surface area contributed by atoms with Crippen molar-refractivity contribution in [1.29, 1.82) is 0 Å². The van der Waals surface area contributed by atoms with Gasteiger partial charge >= 0.3 is 6.09 Å². The highest BCUT2D eigenvalue weighted by Crippen LogP contribution is 2.33. The van der Waals surface area contributed by atoms with E-state index < -0.39 is 6.09 Å². The van der Waals surface area contributed by atoms with Crippen LogP contribution in [0.15, 0.2) is 69.0 Å². The lowest BCUT2D eigenvalue weighted by molar-refractivity contribution is 0.140. The first kappa shape index (κ1) is 18.8. The Morgan fingerprint density at radius 1 is 1.27 bits per heavy atom. The zero-order valence-electron chi connectivity index (χ0n) is 13.8. The Morgan fingerprint density at radius 3 is 2.81 bits per heavy atom. The van der Waals surface area contributed by atoms with Crippen molar-refractivity contribution in [3.63, 3.8) is 0 Å². The predicted octanol–water partition coefficient (Wildman–Crippen LogP) is 5.30. The average Bonchev–Trinajstić information content (AvgIpc) is 3.02. The van der Waals surface area contributed by atoms with Gasteiger partial charge in [0.05, 0.1) is 10.7 Å². The molecule has 1 amide bonds. The van der Waals surface area contributed by atoms with Gasteiger partial charge in [0.15, 0.2) is 0 Å². The lowest BCUT2D eigenvalue weighted by Crippen LogP contribution is -2.19. The van der Waals surface area contributed by atoms with E-state index in [1.807, 2.05) is 54.6 Å². The molecule has 1 N–H and O–H groups in total. The Balaban J connectivity index is 1.96. The monoisotopic (exact) mass is 451 g/mol. The van der Waals surface area contributed by atoms with Crippen LogP contribution in [0.5, 0.6) is 0 Å². The molecule has 5 nitrogen and oxygen atoms in total. The number of benzene rings is 2. The van der Waals surface area contributed by atoms with Gasteiger partial charge in [0.25, 0.3) is 0 Å². The highest BCUT2D eigenvalue weighted by Gasteiger charge is 2.14. The molecular weight excluding hydrogens is 438 g/mol. The number of ether oxygens (including phenoxy) is 1. The number of nitrogens with one attached hydrogen (secondary N) is 1. The second-order valence-corrected chi connectivity index (χ2v) is 7.64. The maximum atomic E-state index is 11.3. The first-order valence-electron chi connectivity index (χ1n) is 7.68. The van der Waals surface area contributed by atoms with E-state index in [-0.39, 0.29) is 6.61 Å². The molecule has 0 unspecified atom stereocenters.